The number of anilines is 1. The molecule has 0 fully saturated rings. The molecule has 0 aliphatic rings. The third kappa shape index (κ3) is 3.97. The van der Waals surface area contributed by atoms with Crippen LogP contribution in [0.25, 0.3) is 16.7 Å². The predicted octanol–water partition coefficient (Wildman–Crippen LogP) is 4.34. The molecule has 9 heteroatoms. The number of hydrogen-bond donors (Lipinski definition) is 1. The minimum absolute atomic E-state index is 0.167. The lowest BCUT2D eigenvalue weighted by atomic mass is 10.3. The highest BCUT2D eigenvalue weighted by Crippen LogP contribution is 2.26. The van der Waals surface area contributed by atoms with Crippen LogP contribution in [-0.2, 0) is 4.79 Å². The van der Waals surface area contributed by atoms with Gasteiger partial charge in [-0.1, -0.05) is 29.4 Å². The van der Waals surface area contributed by atoms with Gasteiger partial charge in [0.25, 0.3) is 0 Å². The van der Waals surface area contributed by atoms with Crippen molar-refractivity contribution in [1.82, 2.24) is 19.7 Å². The molecule has 28 heavy (non-hydrogen) atoms. The number of fused-ring (bicyclic) bond motifs is 1. The van der Waals surface area contributed by atoms with Gasteiger partial charge in [-0.25, -0.2) is 19.0 Å². The van der Waals surface area contributed by atoms with E-state index in [4.69, 9.17) is 11.6 Å². The summed E-state index contributed by atoms with van der Waals surface area (Å²) >= 11 is 7.21. The summed E-state index contributed by atoms with van der Waals surface area (Å²) in [5.41, 5.74) is 1.90. The fourth-order valence-electron chi connectivity index (χ4n) is 2.61. The Morgan fingerprint density at radius 3 is 2.79 bits per heavy atom. The Morgan fingerprint density at radius 2 is 2.00 bits per heavy atom. The molecule has 0 spiro atoms. The highest BCUT2D eigenvalue weighted by atomic mass is 35.5. The molecule has 0 unspecified atom stereocenters. The number of amides is 1. The summed E-state index contributed by atoms with van der Waals surface area (Å²) in [6.45, 7) is 0. The standard InChI is InChI=1S/C19H13ClFN5OS/c20-12-2-1-3-14(8-12)25-17(27)10-28-19-16-9-24-26(18(16)22-11-23-19)15-6-4-13(21)5-7-15/h1-9,11H,10H2,(H,25,27). The molecule has 0 atom stereocenters. The van der Waals surface area contributed by atoms with E-state index >= 15 is 0 Å². The maximum absolute atomic E-state index is 13.2. The second-order valence-corrected chi connectivity index (χ2v) is 7.20. The van der Waals surface area contributed by atoms with E-state index in [-0.39, 0.29) is 17.5 Å². The summed E-state index contributed by atoms with van der Waals surface area (Å²) in [5.74, 6) is -0.331. The molecule has 2 aromatic carbocycles. The van der Waals surface area contributed by atoms with E-state index in [0.717, 1.165) is 0 Å². The molecular formula is C19H13ClFN5OS. The van der Waals surface area contributed by atoms with Crippen LogP contribution in [0.2, 0.25) is 5.02 Å². The van der Waals surface area contributed by atoms with Crippen LogP contribution in [0.4, 0.5) is 10.1 Å². The van der Waals surface area contributed by atoms with Crippen molar-refractivity contribution in [2.75, 3.05) is 11.1 Å². The molecule has 1 N–H and O–H groups in total. The number of nitrogens with zero attached hydrogens (tertiary/aromatic N) is 4. The van der Waals surface area contributed by atoms with Gasteiger partial charge < -0.3 is 5.32 Å². The van der Waals surface area contributed by atoms with Crippen molar-refractivity contribution in [2.24, 2.45) is 0 Å². The van der Waals surface area contributed by atoms with Gasteiger partial charge in [0, 0.05) is 10.7 Å². The normalized spacial score (nSPS) is 10.9. The first-order valence-electron chi connectivity index (χ1n) is 8.23. The van der Waals surface area contributed by atoms with Gasteiger partial charge >= 0.3 is 0 Å². The minimum atomic E-state index is -0.322. The Balaban J connectivity index is 1.51. The van der Waals surface area contributed by atoms with Crippen LogP contribution in [0.1, 0.15) is 0 Å². The molecule has 0 saturated carbocycles. The molecule has 0 aliphatic heterocycles. The number of carbonyl (C=O) groups is 1. The number of benzene rings is 2. The number of carbonyl (C=O) groups excluding carboxylic acids is 1. The maximum Gasteiger partial charge on any atom is 0.234 e. The molecule has 6 nitrogen and oxygen atoms in total. The van der Waals surface area contributed by atoms with Crippen LogP contribution in [0.5, 0.6) is 0 Å². The smallest absolute Gasteiger partial charge is 0.234 e. The highest BCUT2D eigenvalue weighted by molar-refractivity contribution is 8.00. The summed E-state index contributed by atoms with van der Waals surface area (Å²) in [4.78, 5) is 20.7. The van der Waals surface area contributed by atoms with E-state index < -0.39 is 0 Å². The van der Waals surface area contributed by atoms with Crippen LogP contribution in [-0.4, -0.2) is 31.4 Å². The molecular weight excluding hydrogens is 401 g/mol. The molecule has 2 heterocycles. The van der Waals surface area contributed by atoms with Crippen molar-refractivity contribution in [3.8, 4) is 5.69 Å². The van der Waals surface area contributed by atoms with Gasteiger partial charge in [0.15, 0.2) is 5.65 Å². The predicted molar refractivity (Wildman–Crippen MR) is 107 cm³/mol. The van der Waals surface area contributed by atoms with Gasteiger partial charge in [-0.05, 0) is 42.5 Å². The summed E-state index contributed by atoms with van der Waals surface area (Å²) in [6, 6.07) is 12.9. The van der Waals surface area contributed by atoms with Crippen LogP contribution in [0, 0.1) is 5.82 Å². The zero-order chi connectivity index (χ0) is 19.5. The Bertz CT molecular complexity index is 1150. The van der Waals surface area contributed by atoms with E-state index in [9.17, 15) is 9.18 Å². The van der Waals surface area contributed by atoms with Crippen molar-refractivity contribution in [1.29, 1.82) is 0 Å². The largest absolute Gasteiger partial charge is 0.325 e. The minimum Gasteiger partial charge on any atom is -0.325 e. The first-order chi connectivity index (χ1) is 13.6. The topological polar surface area (TPSA) is 72.7 Å². The SMILES string of the molecule is O=C(CSc1ncnc2c1cnn2-c1ccc(F)cc1)Nc1cccc(Cl)c1. The van der Waals surface area contributed by atoms with E-state index in [1.54, 1.807) is 47.3 Å². The van der Waals surface area contributed by atoms with Crippen molar-refractivity contribution in [2.45, 2.75) is 5.03 Å². The van der Waals surface area contributed by atoms with Crippen LogP contribution in [0.15, 0.2) is 66.1 Å². The summed E-state index contributed by atoms with van der Waals surface area (Å²) in [6.07, 6.45) is 3.05. The maximum atomic E-state index is 13.2. The highest BCUT2D eigenvalue weighted by Gasteiger charge is 2.13. The fraction of sp³-hybridized carbons (Fsp3) is 0.0526. The third-order valence-electron chi connectivity index (χ3n) is 3.85. The van der Waals surface area contributed by atoms with Crippen LogP contribution >= 0.6 is 23.4 Å². The first-order valence-corrected chi connectivity index (χ1v) is 9.59. The van der Waals surface area contributed by atoms with Gasteiger partial charge in [-0.3, -0.25) is 4.79 Å². The number of thioether (sulfide) groups is 1. The van der Waals surface area contributed by atoms with Crippen molar-refractivity contribution < 1.29 is 9.18 Å². The van der Waals surface area contributed by atoms with E-state index in [1.165, 1.54) is 30.2 Å². The Hall–Kier alpha value is -2.97. The fourth-order valence-corrected chi connectivity index (χ4v) is 3.56. The average molecular weight is 414 g/mol. The summed E-state index contributed by atoms with van der Waals surface area (Å²) < 4.78 is 14.8. The van der Waals surface area contributed by atoms with Crippen LogP contribution < -0.4 is 5.32 Å². The third-order valence-corrected chi connectivity index (χ3v) is 5.09. The lowest BCUT2D eigenvalue weighted by molar-refractivity contribution is -0.113. The molecule has 0 aliphatic carbocycles. The summed E-state index contributed by atoms with van der Waals surface area (Å²) in [7, 11) is 0. The lowest BCUT2D eigenvalue weighted by Crippen LogP contribution is -2.14. The van der Waals surface area contributed by atoms with Crippen molar-refractivity contribution in [3.63, 3.8) is 0 Å². The summed E-state index contributed by atoms with van der Waals surface area (Å²) in [5, 5.41) is 9.02. The number of halogens is 2. The van der Waals surface area contributed by atoms with Crippen molar-refractivity contribution in [3.05, 3.63) is 71.9 Å². The molecule has 2 aromatic heterocycles. The zero-order valence-electron chi connectivity index (χ0n) is 14.3. The molecule has 1 amide bonds. The van der Waals surface area contributed by atoms with Gasteiger partial charge in [0.2, 0.25) is 5.91 Å². The second-order valence-electron chi connectivity index (χ2n) is 5.80. The van der Waals surface area contributed by atoms with E-state index in [2.05, 4.69) is 20.4 Å². The Kier molecular flexibility index (Phi) is 5.23. The van der Waals surface area contributed by atoms with E-state index in [1.807, 2.05) is 0 Å². The van der Waals surface area contributed by atoms with Gasteiger partial charge in [-0.2, -0.15) is 5.10 Å². The first kappa shape index (κ1) is 18.4. The van der Waals surface area contributed by atoms with Gasteiger partial charge in [0.1, 0.15) is 17.2 Å². The van der Waals surface area contributed by atoms with Crippen LogP contribution in [0.3, 0.4) is 0 Å². The quantitative estimate of drug-likeness (QED) is 0.389. The van der Waals surface area contributed by atoms with Crippen molar-refractivity contribution >= 4 is 46.0 Å². The zero-order valence-corrected chi connectivity index (χ0v) is 15.9. The second kappa shape index (κ2) is 7.95. The monoisotopic (exact) mass is 413 g/mol. The Labute approximate surface area is 168 Å². The molecule has 0 saturated heterocycles. The number of nitrogens with one attached hydrogen (secondary N) is 1. The molecule has 0 bridgehead atoms. The number of rotatable bonds is 5. The molecule has 0 radical (unpaired) electrons. The number of aromatic nitrogens is 4. The van der Waals surface area contributed by atoms with E-state index in [0.29, 0.717) is 32.5 Å². The molecule has 140 valence electrons. The molecule has 4 aromatic rings. The molecule has 4 rings (SSSR count). The van der Waals surface area contributed by atoms with Gasteiger partial charge in [0.05, 0.1) is 23.0 Å². The number of hydrogen-bond acceptors (Lipinski definition) is 5. The average Bonchev–Trinajstić information content (AvgIpc) is 3.12. The lowest BCUT2D eigenvalue weighted by Gasteiger charge is -2.06. The Morgan fingerprint density at radius 1 is 1.18 bits per heavy atom. The van der Waals surface area contributed by atoms with Gasteiger partial charge in [-0.15, -0.1) is 0 Å².